The van der Waals surface area contributed by atoms with Gasteiger partial charge in [-0.2, -0.15) is 0 Å². The summed E-state index contributed by atoms with van der Waals surface area (Å²) in [5.74, 6) is -1.83. The highest BCUT2D eigenvalue weighted by atomic mass is 16.6. The Hall–Kier alpha value is -4.08. The first-order chi connectivity index (χ1) is 18.3. The summed E-state index contributed by atoms with van der Waals surface area (Å²) in [6.07, 6.45) is 0.201. The zero-order chi connectivity index (χ0) is 28.9. The minimum absolute atomic E-state index is 0.0808. The van der Waals surface area contributed by atoms with Gasteiger partial charge in [0.1, 0.15) is 23.4 Å². The van der Waals surface area contributed by atoms with E-state index < -0.39 is 41.5 Å². The highest BCUT2D eigenvalue weighted by molar-refractivity contribution is 6.00. The predicted molar refractivity (Wildman–Crippen MR) is 147 cm³/mol. The number of para-hydroxylation sites is 2. The number of aryl methyl sites for hydroxylation is 2. The molecule has 3 rings (SSSR count). The van der Waals surface area contributed by atoms with Gasteiger partial charge in [0.15, 0.2) is 0 Å². The summed E-state index contributed by atoms with van der Waals surface area (Å²) < 4.78 is 5.34. The van der Waals surface area contributed by atoms with Gasteiger partial charge in [-0.3, -0.25) is 14.4 Å². The Balaban J connectivity index is 2.04. The molecule has 1 aliphatic carbocycles. The van der Waals surface area contributed by atoms with Crippen molar-refractivity contribution < 1.29 is 29.0 Å². The van der Waals surface area contributed by atoms with Crippen molar-refractivity contribution in [2.75, 3.05) is 5.32 Å². The molecule has 0 spiro atoms. The second-order valence-corrected chi connectivity index (χ2v) is 10.9. The topological polar surface area (TPSA) is 151 Å². The molecular weight excluding hydrogens is 500 g/mol. The molecular formula is C29H38N4O6. The molecule has 0 aromatic heterocycles. The number of primary amides is 1. The van der Waals surface area contributed by atoms with Crippen LogP contribution in [0.2, 0.25) is 0 Å². The lowest BCUT2D eigenvalue weighted by atomic mass is 9.98. The maximum atomic E-state index is 14.1. The molecule has 1 fully saturated rings. The number of anilines is 1. The van der Waals surface area contributed by atoms with Crippen LogP contribution in [0.5, 0.6) is 5.75 Å². The molecule has 0 bridgehead atoms. The number of amides is 4. The number of ether oxygens (including phenoxy) is 1. The first kappa shape index (κ1) is 29.5. The van der Waals surface area contributed by atoms with Crippen molar-refractivity contribution in [2.45, 2.75) is 84.0 Å². The molecule has 0 heterocycles. The average Bonchev–Trinajstić information content (AvgIpc) is 3.67. The molecule has 39 heavy (non-hydrogen) atoms. The maximum absolute atomic E-state index is 14.1. The predicted octanol–water partition coefficient (Wildman–Crippen LogP) is 3.84. The first-order valence-electron chi connectivity index (χ1n) is 13.0. The van der Waals surface area contributed by atoms with Gasteiger partial charge in [-0.25, -0.2) is 4.79 Å². The van der Waals surface area contributed by atoms with Gasteiger partial charge in [0.05, 0.1) is 0 Å². The van der Waals surface area contributed by atoms with Crippen molar-refractivity contribution in [3.63, 3.8) is 0 Å². The second kappa shape index (κ2) is 12.2. The summed E-state index contributed by atoms with van der Waals surface area (Å²) >= 11 is 0. The summed E-state index contributed by atoms with van der Waals surface area (Å²) in [5, 5.41) is 16.5. The van der Waals surface area contributed by atoms with Crippen LogP contribution < -0.4 is 16.4 Å². The molecule has 10 nitrogen and oxygen atoms in total. The number of nitrogens with one attached hydrogen (secondary N) is 2. The molecule has 0 saturated heterocycles. The number of hydrogen-bond donors (Lipinski definition) is 4. The number of carbonyl (C=O) groups excluding carboxylic acids is 4. The Bertz CT molecular complexity index is 1230. The van der Waals surface area contributed by atoms with Gasteiger partial charge < -0.3 is 31.1 Å². The second-order valence-electron chi connectivity index (χ2n) is 10.9. The third-order valence-electron chi connectivity index (χ3n) is 6.36. The van der Waals surface area contributed by atoms with Crippen molar-refractivity contribution in [2.24, 2.45) is 5.73 Å². The number of benzene rings is 2. The van der Waals surface area contributed by atoms with Crippen LogP contribution in [0.1, 0.15) is 69.2 Å². The minimum atomic E-state index is -1.21. The molecule has 210 valence electrons. The van der Waals surface area contributed by atoms with E-state index in [-0.39, 0.29) is 30.2 Å². The van der Waals surface area contributed by atoms with Crippen LogP contribution in [-0.2, 0) is 19.1 Å². The SMILES string of the molecule is Cc1ccccc1NC(=O)C(c1cccc(C)c1O)N(C(=O)C(CCC(N)=O)NC(=O)OC(C)(C)C)C1CC1. The number of carbonyl (C=O) groups is 4. The van der Waals surface area contributed by atoms with Crippen LogP contribution in [0.25, 0.3) is 0 Å². The summed E-state index contributed by atoms with van der Waals surface area (Å²) in [7, 11) is 0. The lowest BCUT2D eigenvalue weighted by molar-refractivity contribution is -0.141. The van der Waals surface area contributed by atoms with Crippen LogP contribution in [0.3, 0.4) is 0 Å². The number of aromatic hydroxyl groups is 1. The highest BCUT2D eigenvalue weighted by Crippen LogP contribution is 2.40. The number of hydrogen-bond acceptors (Lipinski definition) is 6. The summed E-state index contributed by atoms with van der Waals surface area (Å²) in [5.41, 5.74) is 6.73. The Labute approximate surface area is 228 Å². The van der Waals surface area contributed by atoms with Gasteiger partial charge in [0, 0.05) is 23.7 Å². The quantitative estimate of drug-likeness (QED) is 0.361. The van der Waals surface area contributed by atoms with Crippen molar-refractivity contribution in [1.82, 2.24) is 10.2 Å². The zero-order valence-corrected chi connectivity index (χ0v) is 23.1. The zero-order valence-electron chi connectivity index (χ0n) is 23.1. The van der Waals surface area contributed by atoms with E-state index >= 15 is 0 Å². The summed E-state index contributed by atoms with van der Waals surface area (Å²) in [6.45, 7) is 8.63. The van der Waals surface area contributed by atoms with E-state index in [1.54, 1.807) is 58.0 Å². The standard InChI is InChI=1S/C29H38N4O6/c1-17-9-6-7-12-21(17)31-26(36)24(20-11-8-10-18(2)25(20)35)33(19-13-14-19)27(37)22(15-16-23(30)34)32-28(38)39-29(3,4)5/h6-12,19,22,24,35H,13-16H2,1-5H3,(H2,30,34)(H,31,36)(H,32,38). The van der Waals surface area contributed by atoms with Gasteiger partial charge >= 0.3 is 6.09 Å². The van der Waals surface area contributed by atoms with Crippen LogP contribution in [-0.4, -0.2) is 51.5 Å². The highest BCUT2D eigenvalue weighted by Gasteiger charge is 2.45. The molecule has 0 aliphatic heterocycles. The van der Waals surface area contributed by atoms with Gasteiger partial charge in [0.2, 0.25) is 11.8 Å². The van der Waals surface area contributed by atoms with E-state index in [1.165, 1.54) is 4.90 Å². The van der Waals surface area contributed by atoms with Gasteiger partial charge in [0.25, 0.3) is 5.91 Å². The molecule has 5 N–H and O–H groups in total. The third kappa shape index (κ3) is 7.95. The number of alkyl carbamates (subject to hydrolysis) is 1. The molecule has 2 aromatic rings. The Morgan fingerprint density at radius 2 is 1.69 bits per heavy atom. The number of phenolic OH excluding ortho intramolecular Hbond substituents is 1. The fraction of sp³-hybridized carbons (Fsp3) is 0.448. The van der Waals surface area contributed by atoms with Crippen LogP contribution >= 0.6 is 0 Å². The molecule has 0 radical (unpaired) electrons. The van der Waals surface area contributed by atoms with E-state index in [1.807, 2.05) is 19.1 Å². The summed E-state index contributed by atoms with van der Waals surface area (Å²) in [4.78, 5) is 53.7. The Morgan fingerprint density at radius 1 is 1.05 bits per heavy atom. The van der Waals surface area contributed by atoms with Gasteiger partial charge in [-0.05, 0) is 71.1 Å². The molecule has 2 aromatic carbocycles. The molecule has 1 aliphatic rings. The monoisotopic (exact) mass is 538 g/mol. The maximum Gasteiger partial charge on any atom is 0.408 e. The molecule has 1 saturated carbocycles. The Morgan fingerprint density at radius 3 is 2.28 bits per heavy atom. The molecule has 2 atom stereocenters. The van der Waals surface area contributed by atoms with Crippen molar-refractivity contribution >= 4 is 29.5 Å². The Kier molecular flexibility index (Phi) is 9.21. The third-order valence-corrected chi connectivity index (χ3v) is 6.36. The van der Waals surface area contributed by atoms with E-state index in [4.69, 9.17) is 10.5 Å². The van der Waals surface area contributed by atoms with E-state index in [2.05, 4.69) is 10.6 Å². The van der Waals surface area contributed by atoms with Crippen molar-refractivity contribution in [3.05, 3.63) is 59.2 Å². The fourth-order valence-electron chi connectivity index (χ4n) is 4.28. The normalized spacial score (nSPS) is 14.6. The van der Waals surface area contributed by atoms with Crippen molar-refractivity contribution in [1.29, 1.82) is 0 Å². The van der Waals surface area contributed by atoms with Crippen LogP contribution in [0, 0.1) is 13.8 Å². The van der Waals surface area contributed by atoms with Crippen LogP contribution in [0.4, 0.5) is 10.5 Å². The fourth-order valence-corrected chi connectivity index (χ4v) is 4.28. The minimum Gasteiger partial charge on any atom is -0.507 e. The van der Waals surface area contributed by atoms with E-state index in [9.17, 15) is 24.3 Å². The van der Waals surface area contributed by atoms with Gasteiger partial charge in [-0.1, -0.05) is 36.4 Å². The van der Waals surface area contributed by atoms with E-state index in [0.717, 1.165) is 5.56 Å². The average molecular weight is 539 g/mol. The smallest absolute Gasteiger partial charge is 0.408 e. The first-order valence-corrected chi connectivity index (χ1v) is 13.0. The summed E-state index contributed by atoms with van der Waals surface area (Å²) in [6, 6.07) is 9.56. The lowest BCUT2D eigenvalue weighted by Gasteiger charge is -2.35. The lowest BCUT2D eigenvalue weighted by Crippen LogP contribution is -2.53. The van der Waals surface area contributed by atoms with E-state index in [0.29, 0.717) is 24.1 Å². The number of phenols is 1. The van der Waals surface area contributed by atoms with Crippen LogP contribution in [0.15, 0.2) is 42.5 Å². The molecule has 2 unspecified atom stereocenters. The largest absolute Gasteiger partial charge is 0.507 e. The molecule has 10 heteroatoms. The van der Waals surface area contributed by atoms with Gasteiger partial charge in [-0.15, -0.1) is 0 Å². The van der Waals surface area contributed by atoms with Crippen molar-refractivity contribution in [3.8, 4) is 5.75 Å². The molecule has 4 amide bonds. The number of nitrogens with zero attached hydrogens (tertiary/aromatic N) is 1. The number of rotatable bonds is 10. The number of nitrogens with two attached hydrogens (primary N) is 1.